The molecule has 0 atom stereocenters. The maximum absolute atomic E-state index is 2.42. The Kier molecular flexibility index (Phi) is 18.5. The van der Waals surface area contributed by atoms with Gasteiger partial charge in [0, 0.05) is 59.9 Å². The van der Waals surface area contributed by atoms with Crippen LogP contribution in [0.4, 0.5) is 0 Å². The first-order chi connectivity index (χ1) is 27.5. The third-order valence-corrected chi connectivity index (χ3v) is 18.2. The van der Waals surface area contributed by atoms with Crippen LogP contribution in [-0.4, -0.2) is 0 Å². The molecular weight excluding hydrogens is 793 g/mol. The van der Waals surface area contributed by atoms with Gasteiger partial charge in [-0.2, -0.15) is 0 Å². The van der Waals surface area contributed by atoms with E-state index in [9.17, 15) is 0 Å². The minimum absolute atomic E-state index is 1.22. The van der Waals surface area contributed by atoms with Crippen molar-refractivity contribution in [1.82, 2.24) is 0 Å². The largest absolute Gasteiger partial charge is 0.140 e. The van der Waals surface area contributed by atoms with Crippen LogP contribution >= 0.6 is 68.0 Å². The second kappa shape index (κ2) is 23.7. The van der Waals surface area contributed by atoms with Crippen LogP contribution in [-0.2, 0) is 12.8 Å². The van der Waals surface area contributed by atoms with Crippen molar-refractivity contribution in [3.05, 3.63) is 80.2 Å². The summed E-state index contributed by atoms with van der Waals surface area (Å²) in [6.07, 6.45) is 30.4. The van der Waals surface area contributed by atoms with Crippen LogP contribution in [0, 0.1) is 13.8 Å². The van der Waals surface area contributed by atoms with E-state index in [4.69, 9.17) is 0 Å². The molecule has 0 aliphatic heterocycles. The van der Waals surface area contributed by atoms with Crippen molar-refractivity contribution in [3.63, 3.8) is 0 Å². The summed E-state index contributed by atoms with van der Waals surface area (Å²) in [6.45, 7) is 9.14. The zero-order valence-electron chi connectivity index (χ0n) is 34.8. The maximum Gasteiger partial charge on any atom is 0.0532 e. The average Bonchev–Trinajstić information content (AvgIpc) is 4.05. The number of thiophene rings is 6. The molecule has 6 aromatic heterocycles. The van der Waals surface area contributed by atoms with Crippen LogP contribution in [0.3, 0.4) is 0 Å². The van der Waals surface area contributed by atoms with Crippen LogP contribution < -0.4 is 0 Å². The fraction of sp³-hybridized carbons (Fsp3) is 0.520. The topological polar surface area (TPSA) is 0 Å². The zero-order valence-corrected chi connectivity index (χ0v) is 39.7. The second-order valence-corrected chi connectivity index (χ2v) is 22.9. The molecule has 0 saturated heterocycles. The molecule has 6 heteroatoms. The number of hydrogen-bond donors (Lipinski definition) is 0. The van der Waals surface area contributed by atoms with Gasteiger partial charge in [-0.25, -0.2) is 0 Å². The first kappa shape index (κ1) is 43.8. The van der Waals surface area contributed by atoms with Crippen LogP contribution in [0.15, 0.2) is 60.7 Å². The van der Waals surface area contributed by atoms with Crippen molar-refractivity contribution in [2.24, 2.45) is 0 Å². The van der Waals surface area contributed by atoms with Gasteiger partial charge in [-0.1, -0.05) is 129 Å². The monoisotopic (exact) mass is 858 g/mol. The van der Waals surface area contributed by atoms with Crippen LogP contribution in [0.1, 0.15) is 162 Å². The van der Waals surface area contributed by atoms with Crippen molar-refractivity contribution in [2.45, 2.75) is 169 Å². The van der Waals surface area contributed by atoms with Gasteiger partial charge in [0.15, 0.2) is 0 Å². The van der Waals surface area contributed by atoms with Crippen molar-refractivity contribution < 1.29 is 0 Å². The minimum Gasteiger partial charge on any atom is -0.140 e. The van der Waals surface area contributed by atoms with Crippen molar-refractivity contribution >= 4 is 68.0 Å². The number of rotatable bonds is 27. The first-order valence-corrected chi connectivity index (χ1v) is 27.0. The highest BCUT2D eigenvalue weighted by Crippen LogP contribution is 2.49. The molecule has 0 unspecified atom stereocenters. The lowest BCUT2D eigenvalue weighted by atomic mass is 10.1. The molecule has 0 aliphatic rings. The minimum atomic E-state index is 1.22. The number of aryl methyl sites for hydroxylation is 4. The Morgan fingerprint density at radius 3 is 1.02 bits per heavy atom. The zero-order chi connectivity index (χ0) is 39.0. The lowest BCUT2D eigenvalue weighted by Gasteiger charge is -2.02. The highest BCUT2D eigenvalue weighted by molar-refractivity contribution is 7.29. The molecule has 0 fully saturated rings. The molecule has 0 nitrogen and oxygen atoms in total. The smallest absolute Gasteiger partial charge is 0.0532 e. The van der Waals surface area contributed by atoms with Gasteiger partial charge in [-0.05, 0) is 100 Å². The Bertz CT molecular complexity index is 1840. The quantitative estimate of drug-likeness (QED) is 0.0453. The van der Waals surface area contributed by atoms with Crippen LogP contribution in [0.25, 0.3) is 50.1 Å². The van der Waals surface area contributed by atoms with E-state index in [1.807, 2.05) is 68.0 Å². The lowest BCUT2D eigenvalue weighted by molar-refractivity contribution is 0.557. The van der Waals surface area contributed by atoms with E-state index in [2.05, 4.69) is 88.4 Å². The van der Waals surface area contributed by atoms with Crippen molar-refractivity contribution in [1.29, 1.82) is 0 Å². The average molecular weight is 859 g/mol. The van der Waals surface area contributed by atoms with Gasteiger partial charge in [0.1, 0.15) is 0 Å². The van der Waals surface area contributed by atoms with Gasteiger partial charge in [-0.15, -0.1) is 68.0 Å². The summed E-state index contributed by atoms with van der Waals surface area (Å²) in [6, 6.07) is 23.9. The molecule has 0 N–H and O–H groups in total. The Morgan fingerprint density at radius 1 is 0.321 bits per heavy atom. The summed E-state index contributed by atoms with van der Waals surface area (Å²) in [5.74, 6) is 0. The molecule has 0 spiro atoms. The van der Waals surface area contributed by atoms with Gasteiger partial charge in [0.2, 0.25) is 0 Å². The highest BCUT2D eigenvalue weighted by atomic mass is 32.1. The summed E-state index contributed by atoms with van der Waals surface area (Å²) in [4.78, 5) is 17.2. The van der Waals surface area contributed by atoms with E-state index < -0.39 is 0 Å². The molecule has 0 aliphatic carbocycles. The molecule has 56 heavy (non-hydrogen) atoms. The van der Waals surface area contributed by atoms with Gasteiger partial charge in [0.25, 0.3) is 0 Å². The van der Waals surface area contributed by atoms with E-state index in [0.29, 0.717) is 0 Å². The third-order valence-electron chi connectivity index (χ3n) is 11.0. The van der Waals surface area contributed by atoms with Gasteiger partial charge < -0.3 is 0 Å². The summed E-state index contributed by atoms with van der Waals surface area (Å²) in [7, 11) is 0. The van der Waals surface area contributed by atoms with Crippen LogP contribution in [0.5, 0.6) is 0 Å². The third kappa shape index (κ3) is 13.1. The van der Waals surface area contributed by atoms with E-state index >= 15 is 0 Å². The highest BCUT2D eigenvalue weighted by Gasteiger charge is 2.19. The van der Waals surface area contributed by atoms with Gasteiger partial charge >= 0.3 is 0 Å². The molecule has 0 aromatic carbocycles. The Balaban J connectivity index is 1.02. The normalized spacial score (nSPS) is 11.7. The van der Waals surface area contributed by atoms with Crippen molar-refractivity contribution in [2.75, 3.05) is 0 Å². The molecule has 6 rings (SSSR count). The van der Waals surface area contributed by atoms with Crippen LogP contribution in [0.2, 0.25) is 0 Å². The number of unbranched alkanes of at least 4 members (excludes halogenated alkanes) is 18. The Morgan fingerprint density at radius 2 is 0.643 bits per heavy atom. The second-order valence-electron chi connectivity index (χ2n) is 15.9. The molecule has 0 radical (unpaired) electrons. The first-order valence-electron chi connectivity index (χ1n) is 22.1. The lowest BCUT2D eigenvalue weighted by Crippen LogP contribution is -1.84. The van der Waals surface area contributed by atoms with Crippen molar-refractivity contribution in [3.8, 4) is 50.1 Å². The van der Waals surface area contributed by atoms with Gasteiger partial charge in [0.05, 0.1) is 9.75 Å². The maximum atomic E-state index is 2.42. The fourth-order valence-corrected chi connectivity index (χ4v) is 14.5. The summed E-state index contributed by atoms with van der Waals surface area (Å²) in [5.41, 5.74) is 2.85. The molecule has 6 aromatic rings. The van der Waals surface area contributed by atoms with E-state index in [0.717, 1.165) is 0 Å². The Hall–Kier alpha value is -1.80. The number of hydrogen-bond acceptors (Lipinski definition) is 6. The van der Waals surface area contributed by atoms with E-state index in [1.165, 1.54) is 201 Å². The van der Waals surface area contributed by atoms with E-state index in [-0.39, 0.29) is 0 Å². The Labute approximate surface area is 364 Å². The fourth-order valence-electron chi connectivity index (χ4n) is 7.83. The van der Waals surface area contributed by atoms with E-state index in [1.54, 1.807) is 9.75 Å². The molecular formula is C50H66S6. The summed E-state index contributed by atoms with van der Waals surface area (Å²) < 4.78 is 0. The molecule has 6 heterocycles. The standard InChI is InChI=1S/C50H66S6/c1-5-7-9-11-13-15-17-19-21-23-25-39-27-29-43(53-39)41-35-37(3)51-49(41)47-33-31-45(55-47)46-32-34-48(56-46)50-42(36-38(4)52-50)44-30-28-40(54-44)26-24-22-20-18-16-14-12-10-8-6-2/h27-36H,5-26H2,1-4H3. The molecule has 302 valence electrons. The SMILES string of the molecule is CCCCCCCCCCCCc1ccc(-c2cc(C)sc2-c2ccc(-c3ccc(-c4sc(C)cc4-c4ccc(CCCCCCCCCCCC)s4)s3)s2)s1. The van der Waals surface area contributed by atoms with Gasteiger partial charge in [-0.3, -0.25) is 0 Å². The summed E-state index contributed by atoms with van der Waals surface area (Å²) >= 11 is 11.9. The molecule has 0 amide bonds. The summed E-state index contributed by atoms with van der Waals surface area (Å²) in [5, 5.41) is 0. The molecule has 0 saturated carbocycles. The predicted molar refractivity (Wildman–Crippen MR) is 261 cm³/mol. The predicted octanol–water partition coefficient (Wildman–Crippen LogP) is 19.9. The molecule has 0 bridgehead atoms.